The van der Waals surface area contributed by atoms with Crippen molar-refractivity contribution < 1.29 is 14.7 Å². The molecule has 0 radical (unpaired) electrons. The van der Waals surface area contributed by atoms with Crippen LogP contribution < -0.4 is 10.6 Å². The molecule has 1 aliphatic heterocycles. The fraction of sp³-hybridized carbons (Fsp3) is 0.818. The summed E-state index contributed by atoms with van der Waals surface area (Å²) in [5.41, 5.74) is 0. The van der Waals surface area contributed by atoms with Crippen LogP contribution in [0.4, 0.5) is 0 Å². The maximum absolute atomic E-state index is 11.7. The Morgan fingerprint density at radius 3 is 2.81 bits per heavy atom. The largest absolute Gasteiger partial charge is 0.480 e. The molecule has 0 aromatic heterocycles. The van der Waals surface area contributed by atoms with Gasteiger partial charge in [-0.15, -0.1) is 0 Å². The number of carbonyl (C=O) groups is 2. The lowest BCUT2D eigenvalue weighted by Gasteiger charge is -2.16. The van der Waals surface area contributed by atoms with E-state index in [1.54, 1.807) is 0 Å². The van der Waals surface area contributed by atoms with E-state index in [2.05, 4.69) is 10.6 Å². The second kappa shape index (κ2) is 6.48. The van der Waals surface area contributed by atoms with Crippen LogP contribution in [0.1, 0.15) is 32.6 Å². The molecular formula is C11H20N2O3. The number of amides is 1. The second-order valence-corrected chi connectivity index (χ2v) is 4.23. The van der Waals surface area contributed by atoms with Crippen molar-refractivity contribution in [2.45, 2.75) is 38.6 Å². The first-order valence-electron chi connectivity index (χ1n) is 5.89. The smallest absolute Gasteiger partial charge is 0.326 e. The molecule has 0 aromatic rings. The quantitative estimate of drug-likeness (QED) is 0.613. The van der Waals surface area contributed by atoms with E-state index in [0.29, 0.717) is 13.0 Å². The number of rotatable bonds is 6. The fourth-order valence-corrected chi connectivity index (χ4v) is 1.83. The molecule has 92 valence electrons. The van der Waals surface area contributed by atoms with Crippen LogP contribution in [0, 0.1) is 5.92 Å². The summed E-state index contributed by atoms with van der Waals surface area (Å²) in [5, 5.41) is 14.7. The summed E-state index contributed by atoms with van der Waals surface area (Å²) in [7, 11) is 0. The Morgan fingerprint density at radius 1 is 1.56 bits per heavy atom. The molecule has 1 heterocycles. The molecule has 5 heteroatoms. The lowest BCUT2D eigenvalue weighted by atomic mass is 10.1. The molecule has 0 bridgehead atoms. The van der Waals surface area contributed by atoms with E-state index in [-0.39, 0.29) is 11.8 Å². The van der Waals surface area contributed by atoms with Crippen molar-refractivity contribution in [2.24, 2.45) is 5.92 Å². The Morgan fingerprint density at radius 2 is 2.31 bits per heavy atom. The Balaban J connectivity index is 2.40. The van der Waals surface area contributed by atoms with E-state index < -0.39 is 12.0 Å². The zero-order chi connectivity index (χ0) is 12.0. The molecule has 0 aliphatic carbocycles. The Labute approximate surface area is 95.6 Å². The van der Waals surface area contributed by atoms with Gasteiger partial charge in [-0.05, 0) is 19.4 Å². The van der Waals surface area contributed by atoms with Gasteiger partial charge in [-0.1, -0.05) is 19.8 Å². The highest BCUT2D eigenvalue weighted by Gasteiger charge is 2.26. The number of hydrogen-bond acceptors (Lipinski definition) is 3. The van der Waals surface area contributed by atoms with Crippen LogP contribution >= 0.6 is 0 Å². The molecular weight excluding hydrogens is 208 g/mol. The number of carbonyl (C=O) groups excluding carboxylic acids is 1. The molecule has 1 amide bonds. The first-order valence-corrected chi connectivity index (χ1v) is 5.89. The van der Waals surface area contributed by atoms with Gasteiger partial charge in [-0.2, -0.15) is 0 Å². The van der Waals surface area contributed by atoms with Gasteiger partial charge < -0.3 is 15.7 Å². The summed E-state index contributed by atoms with van der Waals surface area (Å²) >= 11 is 0. The summed E-state index contributed by atoms with van der Waals surface area (Å²) in [5.74, 6) is -1.13. The average molecular weight is 228 g/mol. The SMILES string of the molecule is CCCCC(NC(=O)C1CCNC1)C(=O)O. The van der Waals surface area contributed by atoms with Gasteiger partial charge in [0.2, 0.25) is 5.91 Å². The minimum atomic E-state index is -0.937. The van der Waals surface area contributed by atoms with Gasteiger partial charge in [0.05, 0.1) is 5.92 Å². The van der Waals surface area contributed by atoms with Crippen LogP contribution in [-0.2, 0) is 9.59 Å². The van der Waals surface area contributed by atoms with Gasteiger partial charge >= 0.3 is 5.97 Å². The Hall–Kier alpha value is -1.10. The van der Waals surface area contributed by atoms with E-state index in [0.717, 1.165) is 25.8 Å². The van der Waals surface area contributed by atoms with Gasteiger partial charge in [0.1, 0.15) is 6.04 Å². The number of hydrogen-bond donors (Lipinski definition) is 3. The number of aliphatic carboxylic acids is 1. The zero-order valence-corrected chi connectivity index (χ0v) is 9.66. The summed E-state index contributed by atoms with van der Waals surface area (Å²) in [4.78, 5) is 22.6. The topological polar surface area (TPSA) is 78.4 Å². The highest BCUT2D eigenvalue weighted by atomic mass is 16.4. The van der Waals surface area contributed by atoms with E-state index >= 15 is 0 Å². The van der Waals surface area contributed by atoms with Crippen molar-refractivity contribution >= 4 is 11.9 Å². The summed E-state index contributed by atoms with van der Waals surface area (Å²) in [6.07, 6.45) is 3.06. The first-order chi connectivity index (χ1) is 7.65. The lowest BCUT2D eigenvalue weighted by Crippen LogP contribution is -2.44. The van der Waals surface area contributed by atoms with E-state index in [1.165, 1.54) is 0 Å². The van der Waals surface area contributed by atoms with Crippen molar-refractivity contribution in [2.75, 3.05) is 13.1 Å². The molecule has 2 unspecified atom stereocenters. The van der Waals surface area contributed by atoms with Crippen LogP contribution in [0.5, 0.6) is 0 Å². The van der Waals surface area contributed by atoms with E-state index in [1.807, 2.05) is 6.92 Å². The minimum Gasteiger partial charge on any atom is -0.480 e. The van der Waals surface area contributed by atoms with Crippen LogP contribution in [0.3, 0.4) is 0 Å². The van der Waals surface area contributed by atoms with Crippen molar-refractivity contribution in [1.29, 1.82) is 0 Å². The van der Waals surface area contributed by atoms with Crippen LogP contribution in [-0.4, -0.2) is 36.1 Å². The van der Waals surface area contributed by atoms with Crippen molar-refractivity contribution in [1.82, 2.24) is 10.6 Å². The molecule has 0 saturated carbocycles. The first kappa shape index (κ1) is 13.0. The fourth-order valence-electron chi connectivity index (χ4n) is 1.83. The Kier molecular flexibility index (Phi) is 5.25. The van der Waals surface area contributed by atoms with Crippen LogP contribution in [0.15, 0.2) is 0 Å². The second-order valence-electron chi connectivity index (χ2n) is 4.23. The third-order valence-electron chi connectivity index (χ3n) is 2.89. The van der Waals surface area contributed by atoms with Crippen LogP contribution in [0.25, 0.3) is 0 Å². The zero-order valence-electron chi connectivity index (χ0n) is 9.66. The van der Waals surface area contributed by atoms with Gasteiger partial charge in [0.15, 0.2) is 0 Å². The van der Waals surface area contributed by atoms with Gasteiger partial charge in [-0.3, -0.25) is 4.79 Å². The minimum absolute atomic E-state index is 0.0662. The molecule has 16 heavy (non-hydrogen) atoms. The van der Waals surface area contributed by atoms with E-state index in [4.69, 9.17) is 5.11 Å². The molecule has 2 atom stereocenters. The predicted octanol–water partition coefficient (Wildman–Crippen LogP) is 0.355. The Bertz CT molecular complexity index is 250. The number of nitrogens with one attached hydrogen (secondary N) is 2. The van der Waals surface area contributed by atoms with Crippen molar-refractivity contribution in [3.63, 3.8) is 0 Å². The van der Waals surface area contributed by atoms with Gasteiger partial charge in [0.25, 0.3) is 0 Å². The van der Waals surface area contributed by atoms with Gasteiger partial charge in [-0.25, -0.2) is 4.79 Å². The highest BCUT2D eigenvalue weighted by Crippen LogP contribution is 2.09. The molecule has 3 N–H and O–H groups in total. The third-order valence-corrected chi connectivity index (χ3v) is 2.89. The molecule has 1 aliphatic rings. The maximum atomic E-state index is 11.7. The standard InChI is InChI=1S/C11H20N2O3/c1-2-3-4-9(11(15)16)13-10(14)8-5-6-12-7-8/h8-9,12H,2-7H2,1H3,(H,13,14)(H,15,16). The van der Waals surface area contributed by atoms with Crippen molar-refractivity contribution in [3.8, 4) is 0 Å². The average Bonchev–Trinajstić information content (AvgIpc) is 2.76. The number of unbranched alkanes of at least 4 members (excludes halogenated alkanes) is 1. The lowest BCUT2D eigenvalue weighted by molar-refractivity contribution is -0.142. The molecule has 0 aromatic carbocycles. The van der Waals surface area contributed by atoms with Crippen LogP contribution in [0.2, 0.25) is 0 Å². The highest BCUT2D eigenvalue weighted by molar-refractivity contribution is 5.85. The summed E-state index contributed by atoms with van der Waals surface area (Å²) in [6, 6.07) is -0.729. The number of carboxylic acid groups (broad SMARTS) is 1. The predicted molar refractivity (Wildman–Crippen MR) is 60.1 cm³/mol. The normalized spacial score (nSPS) is 21.7. The molecule has 5 nitrogen and oxygen atoms in total. The molecule has 0 spiro atoms. The van der Waals surface area contributed by atoms with E-state index in [9.17, 15) is 9.59 Å². The molecule has 1 saturated heterocycles. The maximum Gasteiger partial charge on any atom is 0.326 e. The summed E-state index contributed by atoms with van der Waals surface area (Å²) < 4.78 is 0. The molecule has 1 fully saturated rings. The monoisotopic (exact) mass is 228 g/mol. The molecule has 1 rings (SSSR count). The summed E-state index contributed by atoms with van der Waals surface area (Å²) in [6.45, 7) is 3.50. The van der Waals surface area contributed by atoms with Gasteiger partial charge in [0, 0.05) is 6.54 Å². The van der Waals surface area contributed by atoms with Crippen molar-refractivity contribution in [3.05, 3.63) is 0 Å². The number of carboxylic acids is 1. The third kappa shape index (κ3) is 3.81.